The third kappa shape index (κ3) is 6.91. The first kappa shape index (κ1) is 25.9. The fourth-order valence-corrected chi connectivity index (χ4v) is 4.37. The molecule has 6 aliphatic heterocycles. The minimum atomic E-state index is -0.742. The Bertz CT molecular complexity index is 838. The lowest BCUT2D eigenvalue weighted by Crippen LogP contribution is -2.96. The second-order valence-corrected chi connectivity index (χ2v) is 10.3. The van der Waals surface area contributed by atoms with Crippen molar-refractivity contribution in [1.82, 2.24) is 0 Å². The van der Waals surface area contributed by atoms with E-state index in [1.54, 1.807) is 0 Å². The Kier molecular flexibility index (Phi) is 9.15. The molecule has 0 aromatic carbocycles. The van der Waals surface area contributed by atoms with Gasteiger partial charge in [0, 0.05) is 0 Å². The number of hydrogen-bond donors (Lipinski definition) is 0. The van der Waals surface area contributed by atoms with E-state index in [0.29, 0.717) is 0 Å². The van der Waals surface area contributed by atoms with Gasteiger partial charge in [-0.15, -0.1) is 0 Å². The molecule has 0 radical (unpaired) electrons. The van der Waals surface area contributed by atoms with Crippen LogP contribution in [-0.2, 0) is 14.2 Å². The van der Waals surface area contributed by atoms with Crippen LogP contribution in [0.3, 0.4) is 0 Å². The smallest absolute Gasteiger partial charge is 0.261 e. The predicted molar refractivity (Wildman–Crippen MR) is 137 cm³/mol. The van der Waals surface area contributed by atoms with E-state index in [0.717, 1.165) is 44.9 Å². The molecule has 2 bridgehead atoms. The average molecular weight is 453 g/mol. The Balaban J connectivity index is 1.22. The van der Waals surface area contributed by atoms with Gasteiger partial charge in [0.25, 0.3) is 0 Å². The molecule has 0 aromatic rings. The molecule has 3 heteroatoms. The molecule has 6 heterocycles. The maximum atomic E-state index is 5.31. The van der Waals surface area contributed by atoms with Gasteiger partial charge in [-0.05, 0) is 106 Å². The molecule has 3 nitrogen and oxygen atoms in total. The molecule has 6 aliphatic rings. The van der Waals surface area contributed by atoms with E-state index in [-0.39, 0.29) is 0 Å². The van der Waals surface area contributed by atoms with Crippen molar-refractivity contribution in [2.45, 2.75) is 118 Å². The van der Waals surface area contributed by atoms with Crippen molar-refractivity contribution in [1.29, 1.82) is 0 Å². The van der Waals surface area contributed by atoms with Gasteiger partial charge in [0.2, 0.25) is 0 Å². The molecule has 0 atom stereocenters. The van der Waals surface area contributed by atoms with Crippen molar-refractivity contribution in [3.8, 4) is 0 Å². The molecule has 0 aromatic heterocycles. The van der Waals surface area contributed by atoms with Crippen molar-refractivity contribution in [2.75, 3.05) is 0 Å². The SMILES string of the molecule is CC(C)=CCC/C(C)=C/CC/C(C)=C/CC/C=C(\C)CC/C=C(\C)CCC=C1C23OC1(O2)O3. The van der Waals surface area contributed by atoms with Gasteiger partial charge < -0.3 is 0 Å². The summed E-state index contributed by atoms with van der Waals surface area (Å²) in [5.74, 6) is -1.48. The highest BCUT2D eigenvalue weighted by Crippen LogP contribution is 2.76. The van der Waals surface area contributed by atoms with Crippen LogP contribution < -0.4 is 0 Å². The zero-order chi connectivity index (χ0) is 23.9. The first-order valence-electron chi connectivity index (χ1n) is 12.8. The van der Waals surface area contributed by atoms with E-state index < -0.39 is 11.9 Å². The van der Waals surface area contributed by atoms with E-state index in [4.69, 9.17) is 14.2 Å². The van der Waals surface area contributed by atoms with E-state index in [1.165, 1.54) is 52.7 Å². The normalized spacial score (nSPS) is 26.4. The van der Waals surface area contributed by atoms with Crippen LogP contribution in [0, 0.1) is 0 Å². The molecule has 182 valence electrons. The first-order chi connectivity index (χ1) is 15.7. The molecule has 6 rings (SSSR count). The van der Waals surface area contributed by atoms with Crippen LogP contribution in [0.15, 0.2) is 69.9 Å². The molecule has 0 unspecified atom stereocenters. The van der Waals surface area contributed by atoms with E-state index >= 15 is 0 Å². The van der Waals surface area contributed by atoms with Gasteiger partial charge in [-0.2, -0.15) is 0 Å². The number of allylic oxidation sites excluding steroid dienone is 11. The third-order valence-corrected chi connectivity index (χ3v) is 6.66. The van der Waals surface area contributed by atoms with E-state index in [9.17, 15) is 0 Å². The van der Waals surface area contributed by atoms with Crippen LogP contribution in [0.1, 0.15) is 106 Å². The minimum Gasteiger partial charge on any atom is -0.261 e. The quantitative estimate of drug-likeness (QED) is 0.183. The maximum Gasteiger partial charge on any atom is 0.329 e. The highest BCUT2D eigenvalue weighted by molar-refractivity contribution is 5.41. The molecule has 0 N–H and O–H groups in total. The van der Waals surface area contributed by atoms with Crippen molar-refractivity contribution in [3.63, 3.8) is 0 Å². The molecule has 6 fully saturated rings. The summed E-state index contributed by atoms with van der Waals surface area (Å²) in [7, 11) is 0. The molecule has 0 amide bonds. The highest BCUT2D eigenvalue weighted by atomic mass is 17.2. The van der Waals surface area contributed by atoms with E-state index in [2.05, 4.69) is 78.0 Å². The fraction of sp³-hybridized carbons (Fsp3) is 0.600. The van der Waals surface area contributed by atoms with Gasteiger partial charge in [-0.3, -0.25) is 14.2 Å². The maximum absolute atomic E-state index is 5.31. The second kappa shape index (κ2) is 11.6. The van der Waals surface area contributed by atoms with E-state index in [1.807, 2.05) is 0 Å². The summed E-state index contributed by atoms with van der Waals surface area (Å²) < 4.78 is 15.9. The largest absolute Gasteiger partial charge is 0.329 e. The van der Waals surface area contributed by atoms with Gasteiger partial charge in [-0.1, -0.05) is 64.3 Å². The molecule has 33 heavy (non-hydrogen) atoms. The molecule has 0 saturated carbocycles. The van der Waals surface area contributed by atoms with Crippen LogP contribution in [0.2, 0.25) is 0 Å². The average Bonchev–Trinajstić information content (AvgIpc) is 2.66. The summed E-state index contributed by atoms with van der Waals surface area (Å²) in [6.07, 6.45) is 25.6. The van der Waals surface area contributed by atoms with Crippen molar-refractivity contribution in [2.24, 2.45) is 0 Å². The standard InChI is InChI=1S/C30H44O3/c1-23(2)13-9-16-26(5)19-10-17-24(3)14-7-8-15-25(4)18-11-20-27(6)21-12-22-28-29-31-30(28,32-29)33-29/h13-15,19-20,22H,7-12,16-18,21H2,1-6H3/b24-14+,25-15+,26-19+,27-20+,28-22?. The van der Waals surface area contributed by atoms with Crippen LogP contribution in [0.25, 0.3) is 0 Å². The minimum absolute atomic E-state index is 0.742. The summed E-state index contributed by atoms with van der Waals surface area (Å²) in [6, 6.07) is 0. The monoisotopic (exact) mass is 452 g/mol. The number of unbranched alkanes of at least 4 members (excludes halogenated alkanes) is 1. The molecule has 6 saturated heterocycles. The first-order valence-corrected chi connectivity index (χ1v) is 12.8. The Morgan fingerprint density at radius 1 is 0.515 bits per heavy atom. The zero-order valence-electron chi connectivity index (χ0n) is 21.8. The third-order valence-electron chi connectivity index (χ3n) is 6.66. The van der Waals surface area contributed by atoms with Crippen LogP contribution in [0.4, 0.5) is 0 Å². The molecule has 0 aliphatic carbocycles. The molecule has 0 spiro atoms. The van der Waals surface area contributed by atoms with Crippen LogP contribution in [0.5, 0.6) is 0 Å². The van der Waals surface area contributed by atoms with Gasteiger partial charge in [0.05, 0.1) is 0 Å². The highest BCUT2D eigenvalue weighted by Gasteiger charge is 2.95. The topological polar surface area (TPSA) is 27.7 Å². The lowest BCUT2D eigenvalue weighted by Gasteiger charge is -2.79. The molecular formula is C30H44O3. The van der Waals surface area contributed by atoms with Crippen LogP contribution >= 0.6 is 0 Å². The van der Waals surface area contributed by atoms with Crippen molar-refractivity contribution >= 4 is 0 Å². The summed E-state index contributed by atoms with van der Waals surface area (Å²) in [5, 5.41) is 0. The van der Waals surface area contributed by atoms with Gasteiger partial charge >= 0.3 is 11.9 Å². The fourth-order valence-electron chi connectivity index (χ4n) is 4.37. The summed E-state index contributed by atoms with van der Waals surface area (Å²) in [5.41, 5.74) is 8.60. The van der Waals surface area contributed by atoms with Crippen molar-refractivity contribution < 1.29 is 14.2 Å². The summed E-state index contributed by atoms with van der Waals surface area (Å²) in [4.78, 5) is 0. The number of ether oxygens (including phenoxy) is 3. The van der Waals surface area contributed by atoms with Gasteiger partial charge in [-0.25, -0.2) is 0 Å². The number of hydrogen-bond acceptors (Lipinski definition) is 3. The Hall–Kier alpha value is -1.68. The van der Waals surface area contributed by atoms with Crippen molar-refractivity contribution in [3.05, 3.63) is 69.9 Å². The second-order valence-electron chi connectivity index (χ2n) is 10.3. The Morgan fingerprint density at radius 3 is 1.24 bits per heavy atom. The van der Waals surface area contributed by atoms with Gasteiger partial charge in [0.1, 0.15) is 5.57 Å². The molecular weight excluding hydrogens is 408 g/mol. The summed E-state index contributed by atoms with van der Waals surface area (Å²) >= 11 is 0. The lowest BCUT2D eigenvalue weighted by atomic mass is 9.89. The Morgan fingerprint density at radius 2 is 0.879 bits per heavy atom. The predicted octanol–water partition coefficient (Wildman–Crippen LogP) is 8.96. The van der Waals surface area contributed by atoms with Crippen LogP contribution in [-0.4, -0.2) is 11.9 Å². The number of rotatable bonds is 15. The van der Waals surface area contributed by atoms with Gasteiger partial charge in [0.15, 0.2) is 0 Å². The zero-order valence-corrected chi connectivity index (χ0v) is 21.8. The Labute approximate surface area is 202 Å². The summed E-state index contributed by atoms with van der Waals surface area (Å²) in [6.45, 7) is 13.4. The lowest BCUT2D eigenvalue weighted by molar-refractivity contribution is -0.845.